The number of hydrogen-bond donors (Lipinski definition) is 1. The van der Waals surface area contributed by atoms with Crippen molar-refractivity contribution in [2.24, 2.45) is 0 Å². The zero-order valence-corrected chi connectivity index (χ0v) is 14.9. The highest BCUT2D eigenvalue weighted by atomic mass is 16.6. The third-order valence-electron chi connectivity index (χ3n) is 3.33. The molecule has 0 aliphatic heterocycles. The first kappa shape index (κ1) is 18.6. The zero-order chi connectivity index (χ0) is 18.4. The number of nitrogens with one attached hydrogen (secondary N) is 1. The summed E-state index contributed by atoms with van der Waals surface area (Å²) in [6.07, 6.45) is -0.704. The number of methoxy groups -OCH3 is 1. The summed E-state index contributed by atoms with van der Waals surface area (Å²) in [4.78, 5) is 23.8. The van der Waals surface area contributed by atoms with Gasteiger partial charge in [-0.15, -0.1) is 0 Å². The summed E-state index contributed by atoms with van der Waals surface area (Å²) >= 11 is 0. The van der Waals surface area contributed by atoms with E-state index in [1.165, 1.54) is 7.11 Å². The lowest BCUT2D eigenvalue weighted by atomic mass is 10.1. The topological polar surface area (TPSA) is 73.9 Å². The summed E-state index contributed by atoms with van der Waals surface area (Å²) in [5, 5.41) is 4.43. The molecule has 1 N–H and O–H groups in total. The minimum Gasteiger partial charge on any atom is -0.490 e. The second-order valence-corrected chi connectivity index (χ2v) is 6.51. The van der Waals surface area contributed by atoms with E-state index in [0.717, 1.165) is 10.8 Å². The fourth-order valence-corrected chi connectivity index (χ4v) is 2.26. The minimum atomic E-state index is -0.973. The van der Waals surface area contributed by atoms with Crippen molar-refractivity contribution in [2.45, 2.75) is 32.4 Å². The maximum absolute atomic E-state index is 11.9. The van der Waals surface area contributed by atoms with Crippen molar-refractivity contribution in [3.63, 3.8) is 0 Å². The highest BCUT2D eigenvalue weighted by molar-refractivity contribution is 5.88. The van der Waals surface area contributed by atoms with Gasteiger partial charge in [0.2, 0.25) is 0 Å². The van der Waals surface area contributed by atoms with Crippen LogP contribution in [0.4, 0.5) is 4.79 Å². The van der Waals surface area contributed by atoms with Gasteiger partial charge < -0.3 is 19.5 Å². The Labute approximate surface area is 147 Å². The molecule has 2 aromatic carbocycles. The lowest BCUT2D eigenvalue weighted by Crippen LogP contribution is -2.47. The van der Waals surface area contributed by atoms with Crippen LogP contribution < -0.4 is 10.1 Å². The molecule has 2 rings (SSSR count). The number of amides is 1. The third-order valence-corrected chi connectivity index (χ3v) is 3.33. The molecule has 0 aromatic heterocycles. The van der Waals surface area contributed by atoms with E-state index in [1.54, 1.807) is 20.8 Å². The van der Waals surface area contributed by atoms with E-state index in [9.17, 15) is 9.59 Å². The van der Waals surface area contributed by atoms with Crippen molar-refractivity contribution in [3.05, 3.63) is 42.5 Å². The Morgan fingerprint density at radius 1 is 1.08 bits per heavy atom. The number of fused-ring (bicyclic) bond motifs is 1. The second kappa shape index (κ2) is 7.88. The van der Waals surface area contributed by atoms with E-state index in [4.69, 9.17) is 14.2 Å². The molecule has 2 aromatic rings. The lowest BCUT2D eigenvalue weighted by Gasteiger charge is -2.22. The molecule has 6 heteroatoms. The number of carbonyl (C=O) groups excluding carboxylic acids is 2. The highest BCUT2D eigenvalue weighted by Gasteiger charge is 2.25. The van der Waals surface area contributed by atoms with Gasteiger partial charge in [0.15, 0.2) is 6.04 Å². The van der Waals surface area contributed by atoms with Crippen LogP contribution in [-0.4, -0.2) is 37.4 Å². The van der Waals surface area contributed by atoms with E-state index in [0.29, 0.717) is 5.75 Å². The van der Waals surface area contributed by atoms with Gasteiger partial charge in [0, 0.05) is 5.39 Å². The molecule has 0 aliphatic rings. The number of carbonyl (C=O) groups is 2. The predicted molar refractivity (Wildman–Crippen MR) is 94.6 cm³/mol. The van der Waals surface area contributed by atoms with Crippen LogP contribution in [0, 0.1) is 0 Å². The molecule has 0 spiro atoms. The molecule has 0 unspecified atom stereocenters. The summed E-state index contributed by atoms with van der Waals surface area (Å²) in [6, 6.07) is 12.4. The average molecular weight is 345 g/mol. The molecule has 0 radical (unpaired) electrons. The maximum atomic E-state index is 11.9. The van der Waals surface area contributed by atoms with Crippen molar-refractivity contribution in [1.82, 2.24) is 5.32 Å². The van der Waals surface area contributed by atoms with Crippen LogP contribution in [0.25, 0.3) is 10.8 Å². The largest absolute Gasteiger partial charge is 0.490 e. The van der Waals surface area contributed by atoms with Crippen LogP contribution in [-0.2, 0) is 14.3 Å². The fourth-order valence-electron chi connectivity index (χ4n) is 2.26. The van der Waals surface area contributed by atoms with E-state index in [-0.39, 0.29) is 6.61 Å². The van der Waals surface area contributed by atoms with Gasteiger partial charge >= 0.3 is 12.1 Å². The first-order valence-corrected chi connectivity index (χ1v) is 7.98. The quantitative estimate of drug-likeness (QED) is 0.842. The van der Waals surface area contributed by atoms with Crippen LogP contribution in [0.2, 0.25) is 0 Å². The third kappa shape index (κ3) is 5.38. The molecule has 0 saturated carbocycles. The number of esters is 1. The first-order valence-electron chi connectivity index (χ1n) is 7.98. The van der Waals surface area contributed by atoms with Crippen LogP contribution in [0.3, 0.4) is 0 Å². The van der Waals surface area contributed by atoms with Crippen molar-refractivity contribution >= 4 is 22.8 Å². The van der Waals surface area contributed by atoms with E-state index in [1.807, 2.05) is 42.5 Å². The Morgan fingerprint density at radius 3 is 2.44 bits per heavy atom. The zero-order valence-electron chi connectivity index (χ0n) is 14.9. The molecule has 6 nitrogen and oxygen atoms in total. The molecular weight excluding hydrogens is 322 g/mol. The number of ether oxygens (including phenoxy) is 3. The van der Waals surface area contributed by atoms with E-state index < -0.39 is 23.7 Å². The number of alkyl carbamates (subject to hydrolysis) is 1. The average Bonchev–Trinajstić information content (AvgIpc) is 2.56. The summed E-state index contributed by atoms with van der Waals surface area (Å²) in [5.74, 6) is 0.0177. The number of hydrogen-bond acceptors (Lipinski definition) is 5. The monoisotopic (exact) mass is 345 g/mol. The molecule has 0 heterocycles. The fraction of sp³-hybridized carbons (Fsp3) is 0.368. The van der Waals surface area contributed by atoms with Gasteiger partial charge in [0.1, 0.15) is 18.0 Å². The van der Waals surface area contributed by atoms with Crippen LogP contribution in [0.1, 0.15) is 20.8 Å². The van der Waals surface area contributed by atoms with Gasteiger partial charge in [-0.3, -0.25) is 0 Å². The van der Waals surface area contributed by atoms with Gasteiger partial charge in [-0.05, 0) is 32.2 Å². The Hall–Kier alpha value is -2.76. The molecule has 25 heavy (non-hydrogen) atoms. The van der Waals surface area contributed by atoms with Crippen molar-refractivity contribution in [2.75, 3.05) is 13.7 Å². The molecule has 0 fully saturated rings. The van der Waals surface area contributed by atoms with Gasteiger partial charge in [-0.25, -0.2) is 9.59 Å². The maximum Gasteiger partial charge on any atom is 0.408 e. The molecule has 0 aliphatic carbocycles. The normalized spacial score (nSPS) is 12.3. The summed E-state index contributed by atoms with van der Waals surface area (Å²) in [6.45, 7) is 5.16. The molecular formula is C19H23NO5. The van der Waals surface area contributed by atoms with E-state index >= 15 is 0 Å². The second-order valence-electron chi connectivity index (χ2n) is 6.51. The number of benzene rings is 2. The Morgan fingerprint density at radius 2 is 1.76 bits per heavy atom. The van der Waals surface area contributed by atoms with Gasteiger partial charge in [-0.1, -0.05) is 36.4 Å². The minimum absolute atomic E-state index is 0.0695. The smallest absolute Gasteiger partial charge is 0.408 e. The highest BCUT2D eigenvalue weighted by Crippen LogP contribution is 2.25. The Bertz CT molecular complexity index is 746. The standard InChI is InChI=1S/C19H23NO5/c1-19(2,3)25-18(22)20-15(17(21)23-4)12-24-16-11-7-9-13-8-5-6-10-14(13)16/h5-11,15H,12H2,1-4H3,(H,20,22)/t15-/m1/s1. The SMILES string of the molecule is COC(=O)[C@@H](COc1cccc2ccccc12)NC(=O)OC(C)(C)C. The van der Waals surface area contributed by atoms with Gasteiger partial charge in [-0.2, -0.15) is 0 Å². The van der Waals surface area contributed by atoms with Crippen LogP contribution in [0.5, 0.6) is 5.75 Å². The number of rotatable bonds is 5. The predicted octanol–water partition coefficient (Wildman–Crippen LogP) is 3.28. The Balaban J connectivity index is 2.09. The van der Waals surface area contributed by atoms with E-state index in [2.05, 4.69) is 5.32 Å². The van der Waals surface area contributed by atoms with Crippen molar-refractivity contribution < 1.29 is 23.8 Å². The van der Waals surface area contributed by atoms with Crippen LogP contribution >= 0.6 is 0 Å². The Kier molecular flexibility index (Phi) is 5.85. The first-order chi connectivity index (χ1) is 11.8. The van der Waals surface area contributed by atoms with Crippen LogP contribution in [0.15, 0.2) is 42.5 Å². The molecule has 0 saturated heterocycles. The summed E-state index contributed by atoms with van der Waals surface area (Å²) in [7, 11) is 1.25. The van der Waals surface area contributed by atoms with Crippen molar-refractivity contribution in [1.29, 1.82) is 0 Å². The molecule has 0 bridgehead atoms. The summed E-state index contributed by atoms with van der Waals surface area (Å²) < 4.78 is 15.7. The summed E-state index contributed by atoms with van der Waals surface area (Å²) in [5.41, 5.74) is -0.665. The molecule has 1 amide bonds. The van der Waals surface area contributed by atoms with Gasteiger partial charge in [0.25, 0.3) is 0 Å². The molecule has 134 valence electrons. The molecule has 1 atom stereocenters. The van der Waals surface area contributed by atoms with Gasteiger partial charge in [0.05, 0.1) is 7.11 Å². The van der Waals surface area contributed by atoms with Crippen molar-refractivity contribution in [3.8, 4) is 5.75 Å². The lowest BCUT2D eigenvalue weighted by molar-refractivity contribution is -0.143.